The highest BCUT2D eigenvalue weighted by Gasteiger charge is 2.08. The number of carbonyl (C=O) groups is 2. The number of rotatable bonds is 7. The minimum Gasteiger partial charge on any atom is -0.487 e. The first-order chi connectivity index (χ1) is 13.0. The fourth-order valence-electron chi connectivity index (χ4n) is 2.54. The molecule has 1 aromatic heterocycles. The lowest BCUT2D eigenvalue weighted by molar-refractivity contribution is -0.117. The molecule has 3 rings (SSSR count). The fourth-order valence-corrected chi connectivity index (χ4v) is 2.76. The van der Waals surface area contributed by atoms with Crippen molar-refractivity contribution in [1.29, 1.82) is 0 Å². The number of hydrogen-bond acceptors (Lipinski definition) is 4. The zero-order valence-electron chi connectivity index (χ0n) is 14.4. The summed E-state index contributed by atoms with van der Waals surface area (Å²) < 4.78 is 5.88. The van der Waals surface area contributed by atoms with Crippen LogP contribution in [0, 0.1) is 0 Å². The van der Waals surface area contributed by atoms with E-state index in [9.17, 15) is 9.59 Å². The lowest BCUT2D eigenvalue weighted by Gasteiger charge is -2.10. The summed E-state index contributed by atoms with van der Waals surface area (Å²) in [6.07, 6.45) is 1.80. The number of primary amides is 1. The molecule has 0 spiro atoms. The van der Waals surface area contributed by atoms with E-state index in [4.69, 9.17) is 22.1 Å². The average Bonchev–Trinajstić information content (AvgIpc) is 2.68. The molecule has 0 fully saturated rings. The molecule has 3 aromatic rings. The molecule has 1 heterocycles. The van der Waals surface area contributed by atoms with Crippen LogP contribution < -0.4 is 15.8 Å². The van der Waals surface area contributed by atoms with Crippen molar-refractivity contribution in [3.8, 4) is 5.75 Å². The highest BCUT2D eigenvalue weighted by Crippen LogP contribution is 2.30. The summed E-state index contributed by atoms with van der Waals surface area (Å²) >= 11 is 6.19. The number of aromatic nitrogens is 1. The first kappa shape index (κ1) is 18.7. The molecular weight excluding hydrogens is 366 g/mol. The molecule has 0 saturated heterocycles. The standard InChI is InChI=1S/C20H18ClN3O3/c21-16-7-8-17(19-15(16)2-1-10-23-19)27-12-13-3-5-14(6-4-13)20(26)24-11-9-18(22)25/h1-8,10H,9,11-12H2,(H2,22,25)(H,24,26). The van der Waals surface area contributed by atoms with Crippen LogP contribution in [0.3, 0.4) is 0 Å². The maximum atomic E-state index is 12.0. The number of benzene rings is 2. The van der Waals surface area contributed by atoms with Crippen molar-refractivity contribution < 1.29 is 14.3 Å². The van der Waals surface area contributed by atoms with E-state index in [1.54, 1.807) is 30.5 Å². The summed E-state index contributed by atoms with van der Waals surface area (Å²) in [4.78, 5) is 27.0. The number of carbonyl (C=O) groups excluding carboxylic acids is 2. The zero-order valence-corrected chi connectivity index (χ0v) is 15.2. The maximum absolute atomic E-state index is 12.0. The normalized spacial score (nSPS) is 10.6. The smallest absolute Gasteiger partial charge is 0.251 e. The zero-order chi connectivity index (χ0) is 19.2. The second-order valence-corrected chi connectivity index (χ2v) is 6.31. The number of nitrogens with zero attached hydrogens (tertiary/aromatic N) is 1. The van der Waals surface area contributed by atoms with E-state index < -0.39 is 5.91 Å². The van der Waals surface area contributed by atoms with Gasteiger partial charge < -0.3 is 15.8 Å². The Morgan fingerprint density at radius 2 is 1.89 bits per heavy atom. The largest absolute Gasteiger partial charge is 0.487 e. The number of nitrogens with two attached hydrogens (primary N) is 1. The van der Waals surface area contributed by atoms with Crippen LogP contribution in [0.2, 0.25) is 5.02 Å². The number of amides is 2. The topological polar surface area (TPSA) is 94.3 Å². The van der Waals surface area contributed by atoms with Crippen molar-refractivity contribution in [2.45, 2.75) is 13.0 Å². The third kappa shape index (κ3) is 4.74. The fraction of sp³-hybridized carbons (Fsp3) is 0.150. The SMILES string of the molecule is NC(=O)CCNC(=O)c1ccc(COc2ccc(Cl)c3cccnc23)cc1. The van der Waals surface area contributed by atoms with Crippen molar-refractivity contribution >= 4 is 34.3 Å². The van der Waals surface area contributed by atoms with Gasteiger partial charge in [-0.15, -0.1) is 0 Å². The van der Waals surface area contributed by atoms with Gasteiger partial charge in [-0.2, -0.15) is 0 Å². The summed E-state index contributed by atoms with van der Waals surface area (Å²) in [5.41, 5.74) is 7.16. The maximum Gasteiger partial charge on any atom is 0.251 e. The molecule has 0 radical (unpaired) electrons. The monoisotopic (exact) mass is 383 g/mol. The van der Waals surface area contributed by atoms with Crippen molar-refractivity contribution in [3.05, 3.63) is 70.9 Å². The molecule has 0 aliphatic rings. The summed E-state index contributed by atoms with van der Waals surface area (Å²) in [6, 6.07) is 14.3. The molecular formula is C20H18ClN3O3. The molecule has 0 saturated carbocycles. The lowest BCUT2D eigenvalue weighted by atomic mass is 10.1. The van der Waals surface area contributed by atoms with Gasteiger partial charge in [0.25, 0.3) is 5.91 Å². The van der Waals surface area contributed by atoms with Gasteiger partial charge in [0.1, 0.15) is 17.9 Å². The van der Waals surface area contributed by atoms with E-state index >= 15 is 0 Å². The Balaban J connectivity index is 1.63. The van der Waals surface area contributed by atoms with Crippen molar-refractivity contribution in [3.63, 3.8) is 0 Å². The highest BCUT2D eigenvalue weighted by atomic mass is 35.5. The van der Waals surface area contributed by atoms with Crippen LogP contribution in [0.4, 0.5) is 0 Å². The van der Waals surface area contributed by atoms with Crippen molar-refractivity contribution in [2.24, 2.45) is 5.73 Å². The molecule has 0 atom stereocenters. The summed E-state index contributed by atoms with van der Waals surface area (Å²) in [5, 5.41) is 4.10. The van der Waals surface area contributed by atoms with Crippen LogP contribution in [0.1, 0.15) is 22.3 Å². The predicted octanol–water partition coefficient (Wildman–Crippen LogP) is 3.07. The molecule has 0 aliphatic heterocycles. The van der Waals surface area contributed by atoms with Gasteiger partial charge in [-0.05, 0) is 42.0 Å². The first-order valence-corrected chi connectivity index (χ1v) is 8.74. The van der Waals surface area contributed by atoms with E-state index in [0.29, 0.717) is 28.5 Å². The van der Waals surface area contributed by atoms with E-state index in [1.165, 1.54) is 0 Å². The Morgan fingerprint density at radius 1 is 1.11 bits per heavy atom. The van der Waals surface area contributed by atoms with Crippen LogP contribution in [0.25, 0.3) is 10.9 Å². The Labute approximate surface area is 161 Å². The van der Waals surface area contributed by atoms with Crippen LogP contribution in [-0.4, -0.2) is 23.3 Å². The highest BCUT2D eigenvalue weighted by molar-refractivity contribution is 6.35. The van der Waals surface area contributed by atoms with Crippen LogP contribution in [0.15, 0.2) is 54.7 Å². The van der Waals surface area contributed by atoms with Gasteiger partial charge in [0.2, 0.25) is 5.91 Å². The number of nitrogens with one attached hydrogen (secondary N) is 1. The van der Waals surface area contributed by atoms with Gasteiger partial charge >= 0.3 is 0 Å². The molecule has 6 nitrogen and oxygen atoms in total. The van der Waals surface area contributed by atoms with Crippen LogP contribution in [0.5, 0.6) is 5.75 Å². The third-order valence-electron chi connectivity index (χ3n) is 3.95. The molecule has 27 heavy (non-hydrogen) atoms. The molecule has 3 N–H and O–H groups in total. The van der Waals surface area contributed by atoms with E-state index in [-0.39, 0.29) is 18.9 Å². The van der Waals surface area contributed by atoms with Crippen LogP contribution in [-0.2, 0) is 11.4 Å². The van der Waals surface area contributed by atoms with Gasteiger partial charge in [0.05, 0.1) is 5.02 Å². The number of hydrogen-bond donors (Lipinski definition) is 2. The Bertz CT molecular complexity index is 974. The van der Waals surface area contributed by atoms with Crippen LogP contribution >= 0.6 is 11.6 Å². The van der Waals surface area contributed by atoms with Gasteiger partial charge in [-0.3, -0.25) is 14.6 Å². The molecule has 0 unspecified atom stereocenters. The molecule has 2 amide bonds. The second kappa shape index (κ2) is 8.51. The Hall–Kier alpha value is -3.12. The van der Waals surface area contributed by atoms with Gasteiger partial charge in [0.15, 0.2) is 0 Å². The van der Waals surface area contributed by atoms with Gasteiger partial charge in [0, 0.05) is 30.1 Å². The van der Waals surface area contributed by atoms with E-state index in [0.717, 1.165) is 10.9 Å². The summed E-state index contributed by atoms with van der Waals surface area (Å²) in [6.45, 7) is 0.548. The first-order valence-electron chi connectivity index (χ1n) is 8.36. The number of ether oxygens (including phenoxy) is 1. The minimum absolute atomic E-state index is 0.112. The molecule has 7 heteroatoms. The average molecular weight is 384 g/mol. The summed E-state index contributed by atoms with van der Waals surface area (Å²) in [5.74, 6) is -0.0631. The Kier molecular flexibility index (Phi) is 5.88. The molecule has 0 aliphatic carbocycles. The predicted molar refractivity (Wildman–Crippen MR) is 104 cm³/mol. The number of pyridine rings is 1. The van der Waals surface area contributed by atoms with E-state index in [2.05, 4.69) is 10.3 Å². The lowest BCUT2D eigenvalue weighted by Crippen LogP contribution is -2.27. The number of halogens is 1. The minimum atomic E-state index is -0.452. The van der Waals surface area contributed by atoms with Gasteiger partial charge in [-0.1, -0.05) is 23.7 Å². The second-order valence-electron chi connectivity index (χ2n) is 5.90. The number of fused-ring (bicyclic) bond motifs is 1. The summed E-state index contributed by atoms with van der Waals surface area (Å²) in [7, 11) is 0. The van der Waals surface area contributed by atoms with Crippen molar-refractivity contribution in [1.82, 2.24) is 10.3 Å². The van der Waals surface area contributed by atoms with Gasteiger partial charge in [-0.25, -0.2) is 0 Å². The van der Waals surface area contributed by atoms with E-state index in [1.807, 2.05) is 24.3 Å². The molecule has 0 bridgehead atoms. The molecule has 138 valence electrons. The Morgan fingerprint density at radius 3 is 2.63 bits per heavy atom. The molecule has 2 aromatic carbocycles. The third-order valence-corrected chi connectivity index (χ3v) is 4.28. The van der Waals surface area contributed by atoms with Crippen molar-refractivity contribution in [2.75, 3.05) is 6.54 Å². The quantitative estimate of drug-likeness (QED) is 0.655.